The maximum absolute atomic E-state index is 11.2. The summed E-state index contributed by atoms with van der Waals surface area (Å²) < 4.78 is 4.91. The fourth-order valence-electron chi connectivity index (χ4n) is 0.768. The summed E-state index contributed by atoms with van der Waals surface area (Å²) >= 11 is 0. The lowest BCUT2D eigenvalue weighted by Crippen LogP contribution is -2.45. The van der Waals surface area contributed by atoms with Crippen LogP contribution in [0.5, 0.6) is 0 Å². The molecule has 0 aromatic rings. The maximum Gasteiger partial charge on any atom is 0.237 e. The number of hydrogen-bond acceptors (Lipinski definition) is 4. The molecule has 0 rings (SSSR count). The van der Waals surface area contributed by atoms with Crippen molar-refractivity contribution in [3.05, 3.63) is 0 Å². The Hall–Kier alpha value is -1.14. The van der Waals surface area contributed by atoms with Gasteiger partial charge in [0.1, 0.15) is 0 Å². The summed E-state index contributed by atoms with van der Waals surface area (Å²) in [7, 11) is 1.54. The van der Waals surface area contributed by atoms with Crippen molar-refractivity contribution >= 4 is 11.8 Å². The standard InChI is InChI=1S/C8H17N3O3/c1-5(14-2)4-11-8(13)6(9)3-7(10)12/h5-6H,3-4,9H2,1-2H3,(H2,10,12)(H,11,13). The van der Waals surface area contributed by atoms with Gasteiger partial charge in [-0.25, -0.2) is 0 Å². The second kappa shape index (κ2) is 6.33. The Kier molecular flexibility index (Phi) is 5.82. The van der Waals surface area contributed by atoms with Crippen LogP contribution >= 0.6 is 0 Å². The number of carbonyl (C=O) groups excluding carboxylic acids is 2. The summed E-state index contributed by atoms with van der Waals surface area (Å²) in [4.78, 5) is 21.6. The van der Waals surface area contributed by atoms with Crippen molar-refractivity contribution in [2.75, 3.05) is 13.7 Å². The maximum atomic E-state index is 11.2. The molecule has 5 N–H and O–H groups in total. The van der Waals surface area contributed by atoms with E-state index in [0.717, 1.165) is 0 Å². The number of ether oxygens (including phenoxy) is 1. The van der Waals surface area contributed by atoms with Crippen LogP contribution in [0.25, 0.3) is 0 Å². The van der Waals surface area contributed by atoms with Gasteiger partial charge in [-0.05, 0) is 6.92 Å². The van der Waals surface area contributed by atoms with Crippen molar-refractivity contribution in [3.8, 4) is 0 Å². The molecular formula is C8H17N3O3. The van der Waals surface area contributed by atoms with Crippen molar-refractivity contribution in [1.82, 2.24) is 5.32 Å². The van der Waals surface area contributed by atoms with E-state index in [0.29, 0.717) is 6.54 Å². The van der Waals surface area contributed by atoms with Gasteiger partial charge in [-0.15, -0.1) is 0 Å². The van der Waals surface area contributed by atoms with Crippen molar-refractivity contribution in [2.45, 2.75) is 25.5 Å². The van der Waals surface area contributed by atoms with Crippen LogP contribution in [-0.2, 0) is 14.3 Å². The van der Waals surface area contributed by atoms with Gasteiger partial charge in [-0.1, -0.05) is 0 Å². The lowest BCUT2D eigenvalue weighted by atomic mass is 10.2. The van der Waals surface area contributed by atoms with E-state index in [-0.39, 0.29) is 12.5 Å². The van der Waals surface area contributed by atoms with E-state index in [1.54, 1.807) is 14.0 Å². The largest absolute Gasteiger partial charge is 0.380 e. The van der Waals surface area contributed by atoms with Crippen molar-refractivity contribution in [3.63, 3.8) is 0 Å². The first-order chi connectivity index (χ1) is 6.47. The van der Waals surface area contributed by atoms with Crippen LogP contribution < -0.4 is 16.8 Å². The second-order valence-electron chi connectivity index (χ2n) is 3.07. The molecule has 2 unspecified atom stereocenters. The van der Waals surface area contributed by atoms with Crippen LogP contribution in [0.1, 0.15) is 13.3 Å². The van der Waals surface area contributed by atoms with E-state index >= 15 is 0 Å². The van der Waals surface area contributed by atoms with Gasteiger partial charge in [0.15, 0.2) is 0 Å². The minimum atomic E-state index is -0.878. The molecule has 6 nitrogen and oxygen atoms in total. The second-order valence-corrected chi connectivity index (χ2v) is 3.07. The Morgan fingerprint density at radius 1 is 1.50 bits per heavy atom. The highest BCUT2D eigenvalue weighted by atomic mass is 16.5. The molecule has 14 heavy (non-hydrogen) atoms. The number of rotatable bonds is 6. The molecule has 0 fully saturated rings. The van der Waals surface area contributed by atoms with E-state index in [9.17, 15) is 9.59 Å². The number of amides is 2. The van der Waals surface area contributed by atoms with Gasteiger partial charge < -0.3 is 21.5 Å². The number of hydrogen-bond donors (Lipinski definition) is 3. The summed E-state index contributed by atoms with van der Waals surface area (Å²) in [5.74, 6) is -0.986. The summed E-state index contributed by atoms with van der Waals surface area (Å²) in [6, 6.07) is -0.878. The fraction of sp³-hybridized carbons (Fsp3) is 0.750. The molecule has 2 atom stereocenters. The predicted molar refractivity (Wildman–Crippen MR) is 51.3 cm³/mol. The molecule has 0 bridgehead atoms. The minimum absolute atomic E-state index is 0.0836. The smallest absolute Gasteiger partial charge is 0.237 e. The Labute approximate surface area is 83.0 Å². The first-order valence-electron chi connectivity index (χ1n) is 4.31. The number of nitrogens with one attached hydrogen (secondary N) is 1. The van der Waals surface area contributed by atoms with Gasteiger partial charge in [0.2, 0.25) is 11.8 Å². The molecule has 0 aromatic heterocycles. The Morgan fingerprint density at radius 3 is 2.50 bits per heavy atom. The molecular weight excluding hydrogens is 186 g/mol. The SMILES string of the molecule is COC(C)CNC(=O)C(N)CC(N)=O. The van der Waals surface area contributed by atoms with E-state index in [4.69, 9.17) is 16.2 Å². The van der Waals surface area contributed by atoms with Crippen molar-refractivity contribution < 1.29 is 14.3 Å². The Balaban J connectivity index is 3.78. The third-order valence-corrected chi connectivity index (χ3v) is 1.72. The number of nitrogens with two attached hydrogens (primary N) is 2. The average molecular weight is 203 g/mol. The fourth-order valence-corrected chi connectivity index (χ4v) is 0.768. The summed E-state index contributed by atoms with van der Waals surface area (Å²) in [6.07, 6.45) is -0.229. The molecule has 82 valence electrons. The monoisotopic (exact) mass is 203 g/mol. The Morgan fingerprint density at radius 2 is 2.07 bits per heavy atom. The highest BCUT2D eigenvalue weighted by Gasteiger charge is 2.15. The molecule has 0 heterocycles. The molecule has 0 spiro atoms. The number of carbonyl (C=O) groups is 2. The number of primary amides is 1. The van der Waals surface area contributed by atoms with Crippen molar-refractivity contribution in [1.29, 1.82) is 0 Å². The molecule has 2 amide bonds. The predicted octanol–water partition coefficient (Wildman–Crippen LogP) is -1.66. The lowest BCUT2D eigenvalue weighted by molar-refractivity contribution is -0.126. The zero-order chi connectivity index (χ0) is 11.1. The zero-order valence-corrected chi connectivity index (χ0v) is 8.45. The Bertz CT molecular complexity index is 208. The quantitative estimate of drug-likeness (QED) is 0.480. The van der Waals surface area contributed by atoms with Gasteiger partial charge >= 0.3 is 0 Å². The molecule has 0 aliphatic rings. The third kappa shape index (κ3) is 5.50. The molecule has 0 aliphatic heterocycles. The molecule has 0 aliphatic carbocycles. The average Bonchev–Trinajstić information content (AvgIpc) is 2.12. The first-order valence-corrected chi connectivity index (χ1v) is 4.31. The van der Waals surface area contributed by atoms with E-state index in [1.807, 2.05) is 0 Å². The summed E-state index contributed by atoms with van der Waals surface area (Å²) in [6.45, 7) is 2.17. The van der Waals surface area contributed by atoms with Crippen LogP contribution in [0.3, 0.4) is 0 Å². The zero-order valence-electron chi connectivity index (χ0n) is 8.45. The van der Waals surface area contributed by atoms with Crippen LogP contribution in [0.2, 0.25) is 0 Å². The number of methoxy groups -OCH3 is 1. The van der Waals surface area contributed by atoms with E-state index in [1.165, 1.54) is 0 Å². The van der Waals surface area contributed by atoms with Crippen LogP contribution in [0.4, 0.5) is 0 Å². The van der Waals surface area contributed by atoms with Gasteiger partial charge in [-0.3, -0.25) is 9.59 Å². The van der Waals surface area contributed by atoms with Crippen LogP contribution in [-0.4, -0.2) is 37.6 Å². The highest BCUT2D eigenvalue weighted by molar-refractivity contribution is 5.87. The topological polar surface area (TPSA) is 107 Å². The van der Waals surface area contributed by atoms with E-state index in [2.05, 4.69) is 5.32 Å². The van der Waals surface area contributed by atoms with Gasteiger partial charge in [0.25, 0.3) is 0 Å². The van der Waals surface area contributed by atoms with E-state index < -0.39 is 17.9 Å². The molecule has 6 heteroatoms. The minimum Gasteiger partial charge on any atom is -0.380 e. The van der Waals surface area contributed by atoms with Crippen molar-refractivity contribution in [2.24, 2.45) is 11.5 Å². The van der Waals surface area contributed by atoms with Crippen LogP contribution in [0, 0.1) is 0 Å². The third-order valence-electron chi connectivity index (χ3n) is 1.72. The normalized spacial score (nSPS) is 14.5. The van der Waals surface area contributed by atoms with Gasteiger partial charge in [0.05, 0.1) is 18.6 Å². The highest BCUT2D eigenvalue weighted by Crippen LogP contribution is 1.89. The first kappa shape index (κ1) is 12.9. The summed E-state index contributed by atoms with van der Waals surface area (Å²) in [5, 5.41) is 2.54. The lowest BCUT2D eigenvalue weighted by Gasteiger charge is -2.13. The van der Waals surface area contributed by atoms with Crippen LogP contribution in [0.15, 0.2) is 0 Å². The molecule has 0 aromatic carbocycles. The molecule has 0 saturated carbocycles. The molecule has 0 radical (unpaired) electrons. The van der Waals surface area contributed by atoms with Gasteiger partial charge in [0, 0.05) is 13.7 Å². The summed E-state index contributed by atoms with van der Waals surface area (Å²) in [5.41, 5.74) is 10.3. The van der Waals surface area contributed by atoms with Gasteiger partial charge in [-0.2, -0.15) is 0 Å². The molecule has 0 saturated heterocycles.